The lowest BCUT2D eigenvalue weighted by Crippen LogP contribution is -2.26. The van der Waals surface area contributed by atoms with E-state index in [0.29, 0.717) is 16.6 Å². The van der Waals surface area contributed by atoms with Crippen LogP contribution in [0.2, 0.25) is 0 Å². The predicted molar refractivity (Wildman–Crippen MR) is 82.1 cm³/mol. The van der Waals surface area contributed by atoms with E-state index in [2.05, 4.69) is 27.3 Å². The maximum atomic E-state index is 13.3. The first-order valence-electron chi connectivity index (χ1n) is 7.22. The second-order valence-electron chi connectivity index (χ2n) is 5.24. The predicted octanol–water partition coefficient (Wildman–Crippen LogP) is 5.62. The molecule has 21 heavy (non-hydrogen) atoms. The smallest absolute Gasteiger partial charge is 0.307 e. The minimum absolute atomic E-state index is 0.320. The first kappa shape index (κ1) is 16.6. The summed E-state index contributed by atoms with van der Waals surface area (Å²) in [5.41, 5.74) is 0.839. The zero-order chi connectivity index (χ0) is 15.5. The van der Waals surface area contributed by atoms with Crippen molar-refractivity contribution >= 4 is 15.9 Å². The molecule has 0 bridgehead atoms. The van der Waals surface area contributed by atoms with Crippen LogP contribution in [0.4, 0.5) is 13.2 Å². The topological polar surface area (TPSA) is 12.0 Å². The highest BCUT2D eigenvalue weighted by molar-refractivity contribution is 9.10. The normalized spacial score (nSPS) is 17.5. The number of hydrogen-bond donors (Lipinski definition) is 1. The Morgan fingerprint density at radius 1 is 1.29 bits per heavy atom. The molecule has 1 unspecified atom stereocenters. The van der Waals surface area contributed by atoms with Gasteiger partial charge < -0.3 is 5.32 Å². The third-order valence-corrected chi connectivity index (χ3v) is 4.23. The average molecular weight is 362 g/mol. The van der Waals surface area contributed by atoms with Gasteiger partial charge in [-0.15, -0.1) is 0 Å². The average Bonchev–Trinajstić information content (AvgIpc) is 2.45. The third kappa shape index (κ3) is 4.10. The molecule has 0 saturated heterocycles. The van der Waals surface area contributed by atoms with Gasteiger partial charge in [0.15, 0.2) is 0 Å². The van der Waals surface area contributed by atoms with Gasteiger partial charge in [0.05, 0.1) is 11.6 Å². The van der Waals surface area contributed by atoms with E-state index in [-0.39, 0.29) is 6.04 Å². The van der Waals surface area contributed by atoms with E-state index < -0.39 is 11.7 Å². The molecule has 0 aromatic heterocycles. The van der Waals surface area contributed by atoms with Crippen LogP contribution in [0.3, 0.4) is 0 Å². The summed E-state index contributed by atoms with van der Waals surface area (Å²) in [7, 11) is 0. The van der Waals surface area contributed by atoms with E-state index in [1.54, 1.807) is 12.1 Å². The number of halogens is 4. The zero-order valence-electron chi connectivity index (χ0n) is 11.9. The number of allylic oxidation sites excluding steroid dienone is 1. The number of alkyl halides is 3. The van der Waals surface area contributed by atoms with Gasteiger partial charge in [0, 0.05) is 4.47 Å². The molecule has 0 aliphatic heterocycles. The lowest BCUT2D eigenvalue weighted by Gasteiger charge is -2.27. The van der Waals surface area contributed by atoms with Crippen LogP contribution in [0.15, 0.2) is 34.3 Å². The molecule has 0 radical (unpaired) electrons. The van der Waals surface area contributed by atoms with E-state index in [4.69, 9.17) is 0 Å². The van der Waals surface area contributed by atoms with Crippen LogP contribution < -0.4 is 5.32 Å². The molecule has 5 heteroatoms. The molecule has 1 aliphatic carbocycles. The summed E-state index contributed by atoms with van der Waals surface area (Å²) >= 11 is 3.14. The monoisotopic (exact) mass is 361 g/mol. The molecular formula is C16H19BrF3N. The molecule has 2 rings (SSSR count). The second kappa shape index (κ2) is 6.97. The summed E-state index contributed by atoms with van der Waals surface area (Å²) in [4.78, 5) is 0. The second-order valence-corrected chi connectivity index (χ2v) is 6.16. The molecule has 0 spiro atoms. The zero-order valence-corrected chi connectivity index (χ0v) is 13.5. The first-order valence-corrected chi connectivity index (χ1v) is 8.01. The van der Waals surface area contributed by atoms with E-state index in [0.717, 1.165) is 31.3 Å². The Morgan fingerprint density at radius 2 is 2.05 bits per heavy atom. The molecule has 0 heterocycles. The van der Waals surface area contributed by atoms with E-state index in [1.165, 1.54) is 6.07 Å². The summed E-state index contributed by atoms with van der Waals surface area (Å²) in [6, 6.07) is 4.08. The molecule has 1 nitrogen and oxygen atoms in total. The van der Waals surface area contributed by atoms with Crippen molar-refractivity contribution in [2.45, 2.75) is 44.8 Å². The number of likely N-dealkylation sites (N-methyl/N-ethyl adjacent to an activating group) is 1. The lowest BCUT2D eigenvalue weighted by molar-refractivity contribution is -0.138. The molecule has 0 fully saturated rings. The molecule has 1 aliphatic rings. The summed E-state index contributed by atoms with van der Waals surface area (Å²) in [5.74, 6) is 0. The highest BCUT2D eigenvalue weighted by Crippen LogP contribution is 2.39. The molecule has 1 aromatic carbocycles. The van der Waals surface area contributed by atoms with Crippen LogP contribution in [0, 0.1) is 0 Å². The summed E-state index contributed by atoms with van der Waals surface area (Å²) in [6.45, 7) is 2.55. The maximum absolute atomic E-state index is 13.3. The molecule has 1 N–H and O–H groups in total. The van der Waals surface area contributed by atoms with Gasteiger partial charge >= 0.3 is 6.18 Å². The van der Waals surface area contributed by atoms with Crippen molar-refractivity contribution in [1.29, 1.82) is 0 Å². The molecule has 0 saturated carbocycles. The van der Waals surface area contributed by atoms with Crippen LogP contribution in [0.25, 0.3) is 0 Å². The van der Waals surface area contributed by atoms with Crippen molar-refractivity contribution < 1.29 is 13.2 Å². The fourth-order valence-corrected chi connectivity index (χ4v) is 3.16. The van der Waals surface area contributed by atoms with Crippen LogP contribution in [0.5, 0.6) is 0 Å². The highest BCUT2D eigenvalue weighted by atomic mass is 79.9. The molecule has 116 valence electrons. The van der Waals surface area contributed by atoms with Crippen LogP contribution in [0.1, 0.15) is 49.8 Å². The minimum atomic E-state index is -4.35. The van der Waals surface area contributed by atoms with Gasteiger partial charge in [-0.3, -0.25) is 0 Å². The first-order chi connectivity index (χ1) is 9.93. The van der Waals surface area contributed by atoms with Crippen molar-refractivity contribution in [2.24, 2.45) is 0 Å². The fraction of sp³-hybridized carbons (Fsp3) is 0.500. The van der Waals surface area contributed by atoms with E-state index in [9.17, 15) is 13.2 Å². The van der Waals surface area contributed by atoms with Gasteiger partial charge in [-0.25, -0.2) is 0 Å². The summed E-state index contributed by atoms with van der Waals surface area (Å²) in [6.07, 6.45) is 1.74. The Hall–Kier alpha value is -0.810. The molecular weight excluding hydrogens is 343 g/mol. The number of nitrogens with one attached hydrogen (secondary N) is 1. The van der Waals surface area contributed by atoms with E-state index in [1.807, 2.05) is 6.92 Å². The van der Waals surface area contributed by atoms with Crippen LogP contribution in [-0.4, -0.2) is 6.54 Å². The van der Waals surface area contributed by atoms with Gasteiger partial charge in [0.1, 0.15) is 0 Å². The van der Waals surface area contributed by atoms with Gasteiger partial charge in [0.2, 0.25) is 0 Å². The number of hydrogen-bond acceptors (Lipinski definition) is 1. The Bertz CT molecular complexity index is 523. The fourth-order valence-electron chi connectivity index (χ4n) is 2.80. The summed E-state index contributed by atoms with van der Waals surface area (Å²) in [5, 5.41) is 3.22. The molecule has 1 aromatic rings. The highest BCUT2D eigenvalue weighted by Gasteiger charge is 2.36. The van der Waals surface area contributed by atoms with Gasteiger partial charge in [-0.2, -0.15) is 13.2 Å². The van der Waals surface area contributed by atoms with Crippen LogP contribution in [-0.2, 0) is 6.18 Å². The molecule has 0 amide bonds. The maximum Gasteiger partial charge on any atom is 0.416 e. The van der Waals surface area contributed by atoms with Gasteiger partial charge in [-0.1, -0.05) is 40.6 Å². The standard InChI is InChI=1S/C16H19BrF3N/c1-2-21-15(11-6-4-3-5-7-11)13-9-8-12(17)10-14(13)16(18,19)20/h6,8-10,15,21H,2-5,7H2,1H3. The molecule has 1 atom stereocenters. The minimum Gasteiger partial charge on any atom is -0.307 e. The van der Waals surface area contributed by atoms with Crippen molar-refractivity contribution in [2.75, 3.05) is 6.54 Å². The Kier molecular flexibility index (Phi) is 5.49. The van der Waals surface area contributed by atoms with Gasteiger partial charge in [-0.05, 0) is 49.9 Å². The largest absolute Gasteiger partial charge is 0.416 e. The van der Waals surface area contributed by atoms with Crippen molar-refractivity contribution in [3.8, 4) is 0 Å². The Balaban J connectivity index is 2.47. The number of benzene rings is 1. The third-order valence-electron chi connectivity index (χ3n) is 3.74. The Labute approximate surface area is 131 Å². The van der Waals surface area contributed by atoms with Crippen molar-refractivity contribution in [1.82, 2.24) is 5.32 Å². The lowest BCUT2D eigenvalue weighted by atomic mass is 9.87. The Morgan fingerprint density at radius 3 is 2.62 bits per heavy atom. The van der Waals surface area contributed by atoms with E-state index >= 15 is 0 Å². The van der Waals surface area contributed by atoms with Crippen molar-refractivity contribution in [3.63, 3.8) is 0 Å². The summed E-state index contributed by atoms with van der Waals surface area (Å²) < 4.78 is 40.4. The number of rotatable bonds is 4. The van der Waals surface area contributed by atoms with Gasteiger partial charge in [0.25, 0.3) is 0 Å². The van der Waals surface area contributed by atoms with Crippen molar-refractivity contribution in [3.05, 3.63) is 45.4 Å². The SMILES string of the molecule is CCNC(C1=CCCCC1)c1ccc(Br)cc1C(F)(F)F. The van der Waals surface area contributed by atoms with Crippen LogP contribution >= 0.6 is 15.9 Å². The quantitative estimate of drug-likeness (QED) is 0.686.